The Morgan fingerprint density at radius 2 is 1.89 bits per heavy atom. The minimum Gasteiger partial charge on any atom is -0.298 e. The third-order valence-corrected chi connectivity index (χ3v) is 3.19. The number of thiol groups is 1. The minimum absolute atomic E-state index is 0.210. The molecular weight excluding hydrogens is 140 g/mol. The molecule has 3 nitrogen and oxygen atoms in total. The van der Waals surface area contributed by atoms with Gasteiger partial charge in [-0.3, -0.25) is 4.79 Å². The Morgan fingerprint density at radius 3 is 1.89 bits per heavy atom. The van der Waals surface area contributed by atoms with Crippen LogP contribution in [0.5, 0.6) is 0 Å². The van der Waals surface area contributed by atoms with E-state index in [1.165, 1.54) is 6.92 Å². The van der Waals surface area contributed by atoms with Crippen LogP contribution in [-0.2, 0) is 15.5 Å². The van der Waals surface area contributed by atoms with E-state index in [0.29, 0.717) is 12.8 Å². The summed E-state index contributed by atoms with van der Waals surface area (Å²) in [7, 11) is -2.52. The molecule has 1 aliphatic rings. The summed E-state index contributed by atoms with van der Waals surface area (Å²) in [6.07, 6.45) is 1.06. The number of ketones is 1. The summed E-state index contributed by atoms with van der Waals surface area (Å²) >= 11 is 0. The van der Waals surface area contributed by atoms with Gasteiger partial charge in [-0.25, -0.2) is 8.42 Å². The van der Waals surface area contributed by atoms with Gasteiger partial charge in [0.1, 0.15) is 4.75 Å². The van der Waals surface area contributed by atoms with Crippen LogP contribution >= 0.6 is 0 Å². The number of hydrogen-bond acceptors (Lipinski definition) is 3. The topological polar surface area (TPSA) is 51.2 Å². The van der Waals surface area contributed by atoms with Gasteiger partial charge in [-0.2, -0.15) is 0 Å². The van der Waals surface area contributed by atoms with Crippen LogP contribution in [0.15, 0.2) is 0 Å². The van der Waals surface area contributed by atoms with E-state index in [2.05, 4.69) is 0 Å². The Bertz CT molecular complexity index is 204. The summed E-state index contributed by atoms with van der Waals surface area (Å²) in [6, 6.07) is 0. The van der Waals surface area contributed by atoms with E-state index >= 15 is 0 Å². The Kier molecular flexibility index (Phi) is 1.35. The molecule has 0 N–H and O–H groups in total. The van der Waals surface area contributed by atoms with Crippen LogP contribution in [0.1, 0.15) is 19.8 Å². The zero-order chi connectivity index (χ0) is 7.07. The van der Waals surface area contributed by atoms with Gasteiger partial charge < -0.3 is 0 Å². The van der Waals surface area contributed by atoms with Gasteiger partial charge in [0.05, 0.1) is 0 Å². The predicted molar refractivity (Wildman–Crippen MR) is 33.0 cm³/mol. The molecule has 0 unspecified atom stereocenters. The van der Waals surface area contributed by atoms with Crippen LogP contribution in [0.25, 0.3) is 0 Å². The van der Waals surface area contributed by atoms with E-state index < -0.39 is 15.5 Å². The van der Waals surface area contributed by atoms with Crippen molar-refractivity contribution >= 4 is 16.5 Å². The predicted octanol–water partition coefficient (Wildman–Crippen LogP) is -0.281. The molecule has 1 rings (SSSR count). The second kappa shape index (κ2) is 1.80. The lowest BCUT2D eigenvalue weighted by atomic mass is 10.3. The van der Waals surface area contributed by atoms with Crippen molar-refractivity contribution in [3.8, 4) is 0 Å². The molecule has 0 spiro atoms. The fraction of sp³-hybridized carbons (Fsp3) is 0.800. The first-order valence-electron chi connectivity index (χ1n) is 2.75. The number of rotatable bonds is 2. The molecule has 0 atom stereocenters. The lowest BCUT2D eigenvalue weighted by Gasteiger charge is -1.96. The van der Waals surface area contributed by atoms with Crippen molar-refractivity contribution in [3.63, 3.8) is 0 Å². The molecule has 0 aromatic heterocycles. The molecule has 1 fully saturated rings. The van der Waals surface area contributed by atoms with E-state index in [0.717, 1.165) is 0 Å². The van der Waals surface area contributed by atoms with Gasteiger partial charge in [0.15, 0.2) is 16.5 Å². The number of carbonyl (C=O) groups is 1. The van der Waals surface area contributed by atoms with Crippen molar-refractivity contribution in [2.75, 3.05) is 0 Å². The van der Waals surface area contributed by atoms with Crippen molar-refractivity contribution in [3.05, 3.63) is 0 Å². The Labute approximate surface area is 55.0 Å². The third kappa shape index (κ3) is 0.871. The molecule has 0 amide bonds. The van der Waals surface area contributed by atoms with Crippen LogP contribution in [0, 0.1) is 0 Å². The van der Waals surface area contributed by atoms with Gasteiger partial charge in [0.2, 0.25) is 0 Å². The molecule has 0 heterocycles. The molecule has 0 aromatic rings. The second-order valence-corrected chi connectivity index (χ2v) is 3.72. The number of Topliss-reactive ketones (excluding diaryl/α,β-unsaturated/α-hetero) is 1. The molecule has 0 radical (unpaired) electrons. The first-order valence-corrected chi connectivity index (χ1v) is 3.93. The number of hydrogen-bond donors (Lipinski definition) is 1. The molecule has 0 bridgehead atoms. The Morgan fingerprint density at radius 1 is 1.44 bits per heavy atom. The molecule has 0 saturated heterocycles. The van der Waals surface area contributed by atoms with Gasteiger partial charge in [0, 0.05) is 0 Å². The van der Waals surface area contributed by atoms with Gasteiger partial charge in [-0.05, 0) is 19.8 Å². The molecule has 1 saturated carbocycles. The van der Waals surface area contributed by atoms with E-state index in [-0.39, 0.29) is 5.78 Å². The first-order chi connectivity index (χ1) is 4.09. The lowest BCUT2D eigenvalue weighted by molar-refractivity contribution is -0.117. The van der Waals surface area contributed by atoms with E-state index in [1.807, 2.05) is 0 Å². The maximum absolute atomic E-state index is 10.6. The van der Waals surface area contributed by atoms with Crippen molar-refractivity contribution in [1.82, 2.24) is 0 Å². The van der Waals surface area contributed by atoms with E-state index in [9.17, 15) is 13.2 Å². The molecule has 0 aliphatic heterocycles. The molecular formula is C5H8O3S. The fourth-order valence-corrected chi connectivity index (χ4v) is 1.52. The monoisotopic (exact) mass is 148 g/mol. The average molecular weight is 148 g/mol. The molecule has 9 heavy (non-hydrogen) atoms. The summed E-state index contributed by atoms with van der Waals surface area (Å²) in [5.41, 5.74) is 0. The molecule has 0 aromatic carbocycles. The van der Waals surface area contributed by atoms with Gasteiger partial charge >= 0.3 is 0 Å². The van der Waals surface area contributed by atoms with Crippen LogP contribution < -0.4 is 0 Å². The third-order valence-electron chi connectivity index (χ3n) is 1.73. The van der Waals surface area contributed by atoms with Crippen molar-refractivity contribution in [1.29, 1.82) is 0 Å². The summed E-state index contributed by atoms with van der Waals surface area (Å²) in [6.45, 7) is 1.33. The highest BCUT2D eigenvalue weighted by atomic mass is 32.2. The number of carbonyl (C=O) groups excluding carboxylic acids is 1. The second-order valence-electron chi connectivity index (χ2n) is 2.34. The highest BCUT2D eigenvalue weighted by Crippen LogP contribution is 2.39. The molecule has 4 heteroatoms. The first kappa shape index (κ1) is 6.74. The summed E-state index contributed by atoms with van der Waals surface area (Å²) in [4.78, 5) is 10.6. The highest BCUT2D eigenvalue weighted by molar-refractivity contribution is 7.75. The molecule has 1 aliphatic carbocycles. The van der Waals surface area contributed by atoms with Crippen molar-refractivity contribution in [2.24, 2.45) is 0 Å². The lowest BCUT2D eigenvalue weighted by Crippen LogP contribution is -2.20. The smallest absolute Gasteiger partial charge is 0.152 e. The van der Waals surface area contributed by atoms with Crippen LogP contribution in [0.3, 0.4) is 0 Å². The Hall–Kier alpha value is -0.380. The van der Waals surface area contributed by atoms with Crippen molar-refractivity contribution < 1.29 is 13.2 Å². The minimum atomic E-state index is -2.52. The van der Waals surface area contributed by atoms with Crippen LogP contribution in [0.2, 0.25) is 0 Å². The highest BCUT2D eigenvalue weighted by Gasteiger charge is 2.51. The maximum atomic E-state index is 10.6. The standard InChI is InChI=1S/C5H8O3S/c1-4(6)5(2-3-5)9(7)8/h9H,2-3H2,1H3. The maximum Gasteiger partial charge on any atom is 0.152 e. The van der Waals surface area contributed by atoms with Crippen molar-refractivity contribution in [2.45, 2.75) is 24.5 Å². The summed E-state index contributed by atoms with van der Waals surface area (Å²) < 4.78 is 19.7. The average Bonchev–Trinajstić information content (AvgIpc) is 2.40. The van der Waals surface area contributed by atoms with Crippen LogP contribution in [-0.4, -0.2) is 18.9 Å². The van der Waals surface area contributed by atoms with Crippen LogP contribution in [0.4, 0.5) is 0 Å². The normalized spacial score (nSPS) is 22.0. The molecule has 52 valence electrons. The van der Waals surface area contributed by atoms with Gasteiger partial charge in [-0.15, -0.1) is 0 Å². The fourth-order valence-electron chi connectivity index (χ4n) is 0.782. The Balaban J connectivity index is 2.87. The SMILES string of the molecule is CC(=O)C1([SH](=O)=O)CC1. The summed E-state index contributed by atoms with van der Waals surface area (Å²) in [5.74, 6) is -0.210. The van der Waals surface area contributed by atoms with Gasteiger partial charge in [-0.1, -0.05) is 0 Å². The van der Waals surface area contributed by atoms with E-state index in [1.54, 1.807) is 0 Å². The zero-order valence-corrected chi connectivity index (χ0v) is 5.98. The van der Waals surface area contributed by atoms with Gasteiger partial charge in [0.25, 0.3) is 0 Å². The van der Waals surface area contributed by atoms with E-state index in [4.69, 9.17) is 0 Å². The summed E-state index contributed by atoms with van der Waals surface area (Å²) in [5, 5.41) is 0. The zero-order valence-electron chi connectivity index (χ0n) is 5.09. The quantitative estimate of drug-likeness (QED) is 0.548. The largest absolute Gasteiger partial charge is 0.298 e.